The lowest BCUT2D eigenvalue weighted by molar-refractivity contribution is 0.0690. The van der Waals surface area contributed by atoms with Crippen molar-refractivity contribution in [1.82, 2.24) is 4.98 Å². The van der Waals surface area contributed by atoms with Crippen molar-refractivity contribution in [3.05, 3.63) is 10.6 Å². The van der Waals surface area contributed by atoms with Crippen molar-refractivity contribution in [3.63, 3.8) is 0 Å². The molecule has 16 heavy (non-hydrogen) atoms. The summed E-state index contributed by atoms with van der Waals surface area (Å²) in [5.41, 5.74) is 0.176. The number of hydrogen-bond donors (Lipinski definition) is 1. The van der Waals surface area contributed by atoms with Crippen molar-refractivity contribution in [2.24, 2.45) is 0 Å². The van der Waals surface area contributed by atoms with Gasteiger partial charge < -0.3 is 10.0 Å². The smallest absolute Gasteiger partial charge is 0.355 e. The molecule has 90 valence electrons. The van der Waals surface area contributed by atoms with Gasteiger partial charge in [0.15, 0.2) is 10.8 Å². The molecule has 1 aromatic rings. The maximum Gasteiger partial charge on any atom is 0.355 e. The lowest BCUT2D eigenvalue weighted by Crippen LogP contribution is -2.28. The van der Waals surface area contributed by atoms with Crippen LogP contribution in [0.3, 0.4) is 0 Å². The van der Waals surface area contributed by atoms with E-state index in [2.05, 4.69) is 18.8 Å². The number of thiazole rings is 1. The van der Waals surface area contributed by atoms with Crippen LogP contribution in [0.2, 0.25) is 0 Å². The minimum absolute atomic E-state index is 0.176. The van der Waals surface area contributed by atoms with E-state index in [-0.39, 0.29) is 5.69 Å². The lowest BCUT2D eigenvalue weighted by Gasteiger charge is -2.23. The zero-order valence-electron chi connectivity index (χ0n) is 10.1. The third kappa shape index (κ3) is 2.72. The summed E-state index contributed by atoms with van der Waals surface area (Å²) in [5.74, 6) is -0.948. The van der Waals surface area contributed by atoms with E-state index < -0.39 is 5.97 Å². The minimum Gasteiger partial charge on any atom is -0.476 e. The second kappa shape index (κ2) is 5.30. The van der Waals surface area contributed by atoms with E-state index >= 15 is 0 Å². The first-order valence-corrected chi connectivity index (χ1v) is 6.22. The van der Waals surface area contributed by atoms with Crippen molar-refractivity contribution < 1.29 is 9.90 Å². The molecular formula is C11H18N2O2S. The molecule has 0 aromatic carbocycles. The molecular weight excluding hydrogens is 224 g/mol. The van der Waals surface area contributed by atoms with Crippen molar-refractivity contribution in [2.45, 2.75) is 39.7 Å². The van der Waals surface area contributed by atoms with Gasteiger partial charge >= 0.3 is 5.97 Å². The molecule has 1 rings (SSSR count). The van der Waals surface area contributed by atoms with Crippen LogP contribution in [0.4, 0.5) is 5.13 Å². The van der Waals surface area contributed by atoms with Gasteiger partial charge in [0.25, 0.3) is 0 Å². The van der Waals surface area contributed by atoms with Crippen molar-refractivity contribution in [2.75, 3.05) is 11.9 Å². The summed E-state index contributed by atoms with van der Waals surface area (Å²) >= 11 is 1.44. The van der Waals surface area contributed by atoms with E-state index in [1.165, 1.54) is 11.3 Å². The molecule has 0 aliphatic rings. The minimum atomic E-state index is -0.948. The molecule has 5 heteroatoms. The molecule has 1 N–H and O–H groups in total. The Morgan fingerprint density at radius 2 is 2.25 bits per heavy atom. The van der Waals surface area contributed by atoms with E-state index in [1.807, 2.05) is 11.9 Å². The van der Waals surface area contributed by atoms with Gasteiger partial charge in [-0.05, 0) is 20.3 Å². The second-order valence-corrected chi connectivity index (χ2v) is 5.14. The highest BCUT2D eigenvalue weighted by Gasteiger charge is 2.18. The van der Waals surface area contributed by atoms with Crippen LogP contribution in [-0.2, 0) is 0 Å². The Hall–Kier alpha value is -1.10. The number of carbonyl (C=O) groups is 1. The Balaban J connectivity index is 2.88. The number of rotatable bonds is 5. The number of nitrogens with zero attached hydrogens (tertiary/aromatic N) is 2. The van der Waals surface area contributed by atoms with Crippen molar-refractivity contribution in [1.29, 1.82) is 0 Å². The number of anilines is 1. The molecule has 4 nitrogen and oxygen atoms in total. The fourth-order valence-corrected chi connectivity index (χ4v) is 2.50. The third-order valence-electron chi connectivity index (χ3n) is 2.66. The molecule has 1 unspecified atom stereocenters. The molecule has 0 aliphatic heterocycles. The SMILES string of the molecule is CCCC(C)N(C)c1nc(C(=O)O)c(C)s1. The molecule has 0 saturated carbocycles. The van der Waals surface area contributed by atoms with Crippen molar-refractivity contribution >= 4 is 22.4 Å². The molecule has 1 atom stereocenters. The standard InChI is InChI=1S/C11H18N2O2S/c1-5-6-7(2)13(4)11-12-9(10(14)15)8(3)16-11/h7H,5-6H2,1-4H3,(H,14,15). The first-order valence-electron chi connectivity index (χ1n) is 5.40. The van der Waals surface area contributed by atoms with Crippen molar-refractivity contribution in [3.8, 4) is 0 Å². The Morgan fingerprint density at radius 3 is 2.69 bits per heavy atom. The van der Waals surface area contributed by atoms with Crippen LogP contribution in [0.25, 0.3) is 0 Å². The second-order valence-electron chi connectivity index (χ2n) is 3.95. The Kier molecular flexibility index (Phi) is 4.29. The average molecular weight is 242 g/mol. The van der Waals surface area contributed by atoms with Gasteiger partial charge in [0, 0.05) is 18.0 Å². The fourth-order valence-electron chi connectivity index (χ4n) is 1.53. The van der Waals surface area contributed by atoms with Crippen LogP contribution in [0, 0.1) is 6.92 Å². The van der Waals surface area contributed by atoms with E-state index in [4.69, 9.17) is 5.11 Å². The van der Waals surface area contributed by atoms with Crippen LogP contribution in [0.5, 0.6) is 0 Å². The van der Waals surface area contributed by atoms with Gasteiger partial charge in [-0.2, -0.15) is 0 Å². The highest BCUT2D eigenvalue weighted by molar-refractivity contribution is 7.15. The zero-order chi connectivity index (χ0) is 12.3. The van der Waals surface area contributed by atoms with E-state index in [0.717, 1.165) is 22.9 Å². The topological polar surface area (TPSA) is 53.4 Å². The highest BCUT2D eigenvalue weighted by Crippen LogP contribution is 2.26. The number of carboxylic acids is 1. The Labute approximate surface area is 99.9 Å². The van der Waals surface area contributed by atoms with Gasteiger partial charge in [-0.1, -0.05) is 13.3 Å². The molecule has 0 bridgehead atoms. The van der Waals surface area contributed by atoms with E-state index in [9.17, 15) is 4.79 Å². The molecule has 0 aliphatic carbocycles. The number of carboxylic acid groups (broad SMARTS) is 1. The lowest BCUT2D eigenvalue weighted by atomic mass is 10.2. The van der Waals surface area contributed by atoms with Crippen LogP contribution < -0.4 is 4.90 Å². The maximum atomic E-state index is 10.9. The number of hydrogen-bond acceptors (Lipinski definition) is 4. The predicted octanol–water partition coefficient (Wildman–Crippen LogP) is 2.77. The van der Waals surface area contributed by atoms with Crippen LogP contribution in [0.1, 0.15) is 42.1 Å². The largest absolute Gasteiger partial charge is 0.476 e. The zero-order valence-corrected chi connectivity index (χ0v) is 11.0. The molecule has 0 spiro atoms. The van der Waals surface area contributed by atoms with E-state index in [0.29, 0.717) is 6.04 Å². The summed E-state index contributed by atoms with van der Waals surface area (Å²) in [5, 5.41) is 9.72. The first kappa shape index (κ1) is 13.0. The highest BCUT2D eigenvalue weighted by atomic mass is 32.1. The molecule has 1 aromatic heterocycles. The summed E-state index contributed by atoms with van der Waals surface area (Å²) in [6.07, 6.45) is 2.19. The van der Waals surface area contributed by atoms with Crippen LogP contribution in [0.15, 0.2) is 0 Å². The first-order chi connectivity index (χ1) is 7.47. The molecule has 0 fully saturated rings. The predicted molar refractivity (Wildman–Crippen MR) is 66.6 cm³/mol. The summed E-state index contributed by atoms with van der Waals surface area (Å²) in [6.45, 7) is 6.06. The average Bonchev–Trinajstić information content (AvgIpc) is 2.59. The van der Waals surface area contributed by atoms with Gasteiger partial charge in [-0.3, -0.25) is 0 Å². The Morgan fingerprint density at radius 1 is 1.62 bits per heavy atom. The van der Waals surface area contributed by atoms with Gasteiger partial charge in [0.05, 0.1) is 0 Å². The van der Waals surface area contributed by atoms with Gasteiger partial charge in [0.2, 0.25) is 0 Å². The van der Waals surface area contributed by atoms with Gasteiger partial charge in [-0.25, -0.2) is 9.78 Å². The summed E-state index contributed by atoms with van der Waals surface area (Å²) < 4.78 is 0. The van der Waals surface area contributed by atoms with Gasteiger partial charge in [-0.15, -0.1) is 11.3 Å². The molecule has 0 amide bonds. The monoisotopic (exact) mass is 242 g/mol. The van der Waals surface area contributed by atoms with Crippen LogP contribution >= 0.6 is 11.3 Å². The Bertz CT molecular complexity index is 376. The third-order valence-corrected chi connectivity index (χ3v) is 3.72. The number of aryl methyl sites for hydroxylation is 1. The van der Waals surface area contributed by atoms with E-state index in [1.54, 1.807) is 6.92 Å². The summed E-state index contributed by atoms with van der Waals surface area (Å²) in [6, 6.07) is 0.386. The summed E-state index contributed by atoms with van der Waals surface area (Å²) in [4.78, 5) is 17.8. The quantitative estimate of drug-likeness (QED) is 0.862. The maximum absolute atomic E-state index is 10.9. The molecule has 0 saturated heterocycles. The molecule has 0 radical (unpaired) electrons. The number of aromatic nitrogens is 1. The number of aromatic carboxylic acids is 1. The summed E-state index contributed by atoms with van der Waals surface area (Å²) in [7, 11) is 1.96. The van der Waals surface area contributed by atoms with Gasteiger partial charge in [0.1, 0.15) is 0 Å². The molecule has 1 heterocycles. The van der Waals surface area contributed by atoms with Crippen LogP contribution in [-0.4, -0.2) is 29.1 Å². The fraction of sp³-hybridized carbons (Fsp3) is 0.636. The normalized spacial score (nSPS) is 12.5.